The average Bonchev–Trinajstić information content (AvgIpc) is 2.38. The van der Waals surface area contributed by atoms with Gasteiger partial charge in [0.25, 0.3) is 10.0 Å². The molecule has 0 aliphatic rings. The second-order valence-electron chi connectivity index (χ2n) is 4.37. The van der Waals surface area contributed by atoms with Crippen LogP contribution in [0.25, 0.3) is 0 Å². The van der Waals surface area contributed by atoms with E-state index < -0.39 is 10.0 Å². The summed E-state index contributed by atoms with van der Waals surface area (Å²) in [5, 5.41) is 0.627. The summed E-state index contributed by atoms with van der Waals surface area (Å²) in [4.78, 5) is 0.0286. The van der Waals surface area contributed by atoms with E-state index in [1.807, 2.05) is 0 Å². The standard InChI is InChI=1S/C13H11BrCl2N2O2S/c1-7-4-9(6-11(17)13(7)16)21(19,20)18-12-3-2-8(14)5-10(12)15/h2-6,18H,17H2,1H3. The van der Waals surface area contributed by atoms with Crippen molar-refractivity contribution in [1.82, 2.24) is 0 Å². The second-order valence-corrected chi connectivity index (χ2v) is 7.76. The van der Waals surface area contributed by atoms with Gasteiger partial charge in [-0.05, 0) is 42.8 Å². The molecule has 2 aromatic carbocycles. The van der Waals surface area contributed by atoms with Crippen molar-refractivity contribution in [2.24, 2.45) is 0 Å². The molecule has 4 nitrogen and oxygen atoms in total. The van der Waals surface area contributed by atoms with Crippen LogP contribution in [0.3, 0.4) is 0 Å². The van der Waals surface area contributed by atoms with Crippen LogP contribution >= 0.6 is 39.1 Å². The number of halogens is 3. The minimum atomic E-state index is -3.80. The topological polar surface area (TPSA) is 72.2 Å². The van der Waals surface area contributed by atoms with Crippen LogP contribution < -0.4 is 10.5 Å². The number of hydrogen-bond donors (Lipinski definition) is 2. The summed E-state index contributed by atoms with van der Waals surface area (Å²) >= 11 is 15.2. The van der Waals surface area contributed by atoms with Crippen molar-refractivity contribution in [3.05, 3.63) is 50.4 Å². The molecule has 0 unspecified atom stereocenters. The number of rotatable bonds is 3. The minimum Gasteiger partial charge on any atom is -0.397 e. The molecule has 21 heavy (non-hydrogen) atoms. The maximum Gasteiger partial charge on any atom is 0.262 e. The first-order valence-electron chi connectivity index (χ1n) is 5.74. The van der Waals surface area contributed by atoms with Gasteiger partial charge in [-0.15, -0.1) is 0 Å². The van der Waals surface area contributed by atoms with Gasteiger partial charge in [0, 0.05) is 4.47 Å². The Bertz CT molecular complexity index is 787. The van der Waals surface area contributed by atoms with Crippen LogP contribution in [-0.4, -0.2) is 8.42 Å². The van der Waals surface area contributed by atoms with Crippen LogP contribution in [0, 0.1) is 6.92 Å². The molecule has 0 atom stereocenters. The first kappa shape index (κ1) is 16.4. The van der Waals surface area contributed by atoms with Crippen LogP contribution in [0.4, 0.5) is 11.4 Å². The van der Waals surface area contributed by atoms with Crippen LogP contribution in [0.15, 0.2) is 39.7 Å². The largest absolute Gasteiger partial charge is 0.397 e. The molecule has 0 saturated heterocycles. The van der Waals surface area contributed by atoms with Gasteiger partial charge in [0.2, 0.25) is 0 Å². The lowest BCUT2D eigenvalue weighted by molar-refractivity contribution is 0.601. The summed E-state index contributed by atoms with van der Waals surface area (Å²) in [6, 6.07) is 7.61. The minimum absolute atomic E-state index is 0.0286. The zero-order chi connectivity index (χ0) is 15.8. The Balaban J connectivity index is 2.43. The average molecular weight is 410 g/mol. The molecule has 2 rings (SSSR count). The summed E-state index contributed by atoms with van der Waals surface area (Å²) in [5.41, 5.74) is 6.78. The Hall–Kier alpha value is -0.950. The van der Waals surface area contributed by atoms with Crippen molar-refractivity contribution in [1.29, 1.82) is 0 Å². The first-order chi connectivity index (χ1) is 9.70. The number of sulfonamides is 1. The van der Waals surface area contributed by atoms with E-state index in [9.17, 15) is 8.42 Å². The smallest absolute Gasteiger partial charge is 0.262 e. The Labute approximate surface area is 141 Å². The number of nitrogens with one attached hydrogen (secondary N) is 1. The fourth-order valence-corrected chi connectivity index (χ4v) is 3.78. The number of aryl methyl sites for hydroxylation is 1. The third-order valence-electron chi connectivity index (χ3n) is 2.74. The van der Waals surface area contributed by atoms with Crippen LogP contribution in [-0.2, 0) is 10.0 Å². The predicted octanol–water partition coefficient (Wildman–Crippen LogP) is 4.45. The number of hydrogen-bond acceptors (Lipinski definition) is 3. The van der Waals surface area contributed by atoms with Gasteiger partial charge in [-0.1, -0.05) is 39.1 Å². The summed E-state index contributed by atoms with van der Waals surface area (Å²) in [7, 11) is -3.80. The zero-order valence-electron chi connectivity index (χ0n) is 10.8. The molecular formula is C13H11BrCl2N2O2S. The van der Waals surface area contributed by atoms with E-state index in [0.717, 1.165) is 4.47 Å². The number of anilines is 2. The SMILES string of the molecule is Cc1cc(S(=O)(=O)Nc2ccc(Br)cc2Cl)cc(N)c1Cl. The monoisotopic (exact) mass is 408 g/mol. The van der Waals surface area contributed by atoms with Gasteiger partial charge in [-0.2, -0.15) is 0 Å². The third-order valence-corrected chi connectivity index (χ3v) is 5.41. The molecule has 0 radical (unpaired) electrons. The summed E-state index contributed by atoms with van der Waals surface area (Å²) in [5.74, 6) is 0. The molecule has 0 aliphatic carbocycles. The highest BCUT2D eigenvalue weighted by molar-refractivity contribution is 9.10. The molecule has 8 heteroatoms. The molecule has 0 heterocycles. The highest BCUT2D eigenvalue weighted by Crippen LogP contribution is 2.30. The van der Waals surface area contributed by atoms with Crippen molar-refractivity contribution >= 4 is 60.5 Å². The summed E-state index contributed by atoms with van der Waals surface area (Å²) in [6.45, 7) is 1.68. The van der Waals surface area contributed by atoms with Crippen molar-refractivity contribution in [3.8, 4) is 0 Å². The second kappa shape index (κ2) is 6.04. The van der Waals surface area contributed by atoms with Gasteiger partial charge in [0.1, 0.15) is 0 Å². The molecular weight excluding hydrogens is 399 g/mol. The van der Waals surface area contributed by atoms with Gasteiger partial charge >= 0.3 is 0 Å². The van der Waals surface area contributed by atoms with Crippen molar-refractivity contribution in [2.45, 2.75) is 11.8 Å². The highest BCUT2D eigenvalue weighted by atomic mass is 79.9. The molecule has 0 saturated carbocycles. The van der Waals surface area contributed by atoms with Crippen molar-refractivity contribution in [3.63, 3.8) is 0 Å². The normalized spacial score (nSPS) is 11.4. The molecule has 0 aromatic heterocycles. The van der Waals surface area contributed by atoms with Gasteiger partial charge in [-0.3, -0.25) is 4.72 Å². The van der Waals surface area contributed by atoms with Gasteiger partial charge in [0.05, 0.1) is 26.3 Å². The molecule has 112 valence electrons. The van der Waals surface area contributed by atoms with Crippen molar-refractivity contribution < 1.29 is 8.42 Å². The van der Waals surface area contributed by atoms with Crippen molar-refractivity contribution in [2.75, 3.05) is 10.5 Å². The van der Waals surface area contributed by atoms with Crippen LogP contribution in [0.2, 0.25) is 10.0 Å². The molecule has 2 aromatic rings. The molecule has 0 spiro atoms. The van der Waals surface area contributed by atoms with E-state index in [1.54, 1.807) is 25.1 Å². The lowest BCUT2D eigenvalue weighted by atomic mass is 10.2. The zero-order valence-corrected chi connectivity index (χ0v) is 14.7. The lowest BCUT2D eigenvalue weighted by Crippen LogP contribution is -2.14. The van der Waals surface area contributed by atoms with Gasteiger partial charge in [-0.25, -0.2) is 8.42 Å². The highest BCUT2D eigenvalue weighted by Gasteiger charge is 2.18. The molecule has 0 amide bonds. The predicted molar refractivity (Wildman–Crippen MR) is 90.6 cm³/mol. The van der Waals surface area contributed by atoms with Crippen LogP contribution in [0.1, 0.15) is 5.56 Å². The number of benzene rings is 2. The Morgan fingerprint density at radius 3 is 2.43 bits per heavy atom. The quantitative estimate of drug-likeness (QED) is 0.735. The molecule has 3 N–H and O–H groups in total. The van der Waals surface area contributed by atoms with E-state index in [0.29, 0.717) is 10.6 Å². The Morgan fingerprint density at radius 1 is 1.19 bits per heavy atom. The fourth-order valence-electron chi connectivity index (χ4n) is 1.69. The maximum atomic E-state index is 12.4. The first-order valence-corrected chi connectivity index (χ1v) is 8.77. The van der Waals surface area contributed by atoms with Crippen LogP contribution in [0.5, 0.6) is 0 Å². The van der Waals surface area contributed by atoms with Gasteiger partial charge in [0.15, 0.2) is 0 Å². The Kier molecular flexibility index (Phi) is 4.72. The van der Waals surface area contributed by atoms with E-state index in [-0.39, 0.29) is 21.3 Å². The summed E-state index contributed by atoms with van der Waals surface area (Å²) < 4.78 is 27.9. The summed E-state index contributed by atoms with van der Waals surface area (Å²) in [6.07, 6.45) is 0. The van der Waals surface area contributed by atoms with Gasteiger partial charge < -0.3 is 5.73 Å². The number of nitrogens with two attached hydrogens (primary N) is 1. The van der Waals surface area contributed by atoms with E-state index in [2.05, 4.69) is 20.7 Å². The fraction of sp³-hybridized carbons (Fsp3) is 0.0769. The maximum absolute atomic E-state index is 12.4. The van der Waals surface area contributed by atoms with E-state index in [4.69, 9.17) is 28.9 Å². The van der Waals surface area contributed by atoms with E-state index >= 15 is 0 Å². The number of nitrogen functional groups attached to an aromatic ring is 1. The lowest BCUT2D eigenvalue weighted by Gasteiger charge is -2.12. The molecule has 0 bridgehead atoms. The Morgan fingerprint density at radius 2 is 1.86 bits per heavy atom. The molecule has 0 fully saturated rings. The third kappa shape index (κ3) is 3.63. The molecule has 0 aliphatic heterocycles. The van der Waals surface area contributed by atoms with E-state index in [1.165, 1.54) is 12.1 Å².